The van der Waals surface area contributed by atoms with Crippen molar-refractivity contribution in [3.05, 3.63) is 47.3 Å². The largest absolute Gasteiger partial charge is 0.338 e. The van der Waals surface area contributed by atoms with Gasteiger partial charge in [0.1, 0.15) is 0 Å². The van der Waals surface area contributed by atoms with Gasteiger partial charge in [-0.05, 0) is 38.8 Å². The van der Waals surface area contributed by atoms with Gasteiger partial charge in [-0.3, -0.25) is 4.79 Å². The normalized spacial score (nSPS) is 16.2. The molecule has 3 rings (SSSR count). The van der Waals surface area contributed by atoms with Gasteiger partial charge in [-0.2, -0.15) is 15.0 Å². The molecule has 5 heteroatoms. The summed E-state index contributed by atoms with van der Waals surface area (Å²) < 4.78 is 0. The van der Waals surface area contributed by atoms with Crippen LogP contribution in [-0.4, -0.2) is 38.9 Å². The van der Waals surface area contributed by atoms with Gasteiger partial charge in [0, 0.05) is 18.7 Å². The molecule has 1 aliphatic heterocycles. The average Bonchev–Trinajstić information content (AvgIpc) is 3.00. The van der Waals surface area contributed by atoms with Crippen LogP contribution >= 0.6 is 0 Å². The van der Waals surface area contributed by atoms with Crippen LogP contribution in [0.1, 0.15) is 40.4 Å². The first kappa shape index (κ1) is 13.8. The molecule has 1 aliphatic rings. The first-order valence-corrected chi connectivity index (χ1v) is 7.37. The molecule has 0 atom stereocenters. The van der Waals surface area contributed by atoms with E-state index in [1.54, 1.807) is 17.2 Å². The van der Waals surface area contributed by atoms with E-state index < -0.39 is 0 Å². The van der Waals surface area contributed by atoms with Crippen LogP contribution in [0.25, 0.3) is 0 Å². The van der Waals surface area contributed by atoms with E-state index in [1.165, 1.54) is 0 Å². The summed E-state index contributed by atoms with van der Waals surface area (Å²) in [5, 5.41) is 8.39. The fourth-order valence-electron chi connectivity index (χ4n) is 3.00. The molecule has 2 aromatic rings. The minimum absolute atomic E-state index is 0.133. The van der Waals surface area contributed by atoms with E-state index in [2.05, 4.69) is 16.3 Å². The highest BCUT2D eigenvalue weighted by atomic mass is 16.2. The predicted molar refractivity (Wildman–Crippen MR) is 80.1 cm³/mol. The van der Waals surface area contributed by atoms with Gasteiger partial charge in [-0.1, -0.05) is 17.2 Å². The number of amides is 1. The number of carbonyl (C=O) groups is 1. The van der Waals surface area contributed by atoms with E-state index in [-0.39, 0.29) is 5.91 Å². The number of carbonyl (C=O) groups excluding carboxylic acids is 1. The number of nitrogens with zero attached hydrogens (tertiary/aromatic N) is 4. The molecule has 1 saturated heterocycles. The lowest BCUT2D eigenvalue weighted by Gasteiger charge is -2.31. The maximum Gasteiger partial charge on any atom is 0.253 e. The molecule has 2 heterocycles. The van der Waals surface area contributed by atoms with Gasteiger partial charge in [0.15, 0.2) is 0 Å². The zero-order chi connectivity index (χ0) is 14.8. The Kier molecular flexibility index (Phi) is 3.73. The smallest absolute Gasteiger partial charge is 0.253 e. The van der Waals surface area contributed by atoms with E-state index >= 15 is 0 Å². The molecule has 1 aromatic heterocycles. The van der Waals surface area contributed by atoms with Gasteiger partial charge in [0.05, 0.1) is 18.4 Å². The number of hydrogen-bond acceptors (Lipinski definition) is 3. The maximum atomic E-state index is 12.6. The summed E-state index contributed by atoms with van der Waals surface area (Å²) in [6.45, 7) is 5.58. The third kappa shape index (κ3) is 2.96. The molecule has 0 radical (unpaired) electrons. The van der Waals surface area contributed by atoms with Crippen molar-refractivity contribution in [1.82, 2.24) is 19.9 Å². The number of piperidine rings is 1. The summed E-state index contributed by atoms with van der Waals surface area (Å²) in [4.78, 5) is 16.3. The van der Waals surface area contributed by atoms with Crippen LogP contribution in [0, 0.1) is 13.8 Å². The van der Waals surface area contributed by atoms with Crippen molar-refractivity contribution in [2.24, 2.45) is 0 Å². The average molecular weight is 284 g/mol. The second kappa shape index (κ2) is 5.68. The molecule has 1 amide bonds. The molecular weight excluding hydrogens is 264 g/mol. The molecule has 21 heavy (non-hydrogen) atoms. The number of aryl methyl sites for hydroxylation is 2. The highest BCUT2D eigenvalue weighted by molar-refractivity contribution is 5.94. The molecule has 1 aromatic carbocycles. The Labute approximate surface area is 124 Å². The molecule has 0 spiro atoms. The summed E-state index contributed by atoms with van der Waals surface area (Å²) in [5.41, 5.74) is 3.06. The number of aromatic nitrogens is 3. The maximum absolute atomic E-state index is 12.6. The molecule has 110 valence electrons. The molecule has 0 bridgehead atoms. The Hall–Kier alpha value is -2.17. The van der Waals surface area contributed by atoms with Gasteiger partial charge >= 0.3 is 0 Å². The van der Waals surface area contributed by atoms with Crippen molar-refractivity contribution < 1.29 is 4.79 Å². The van der Waals surface area contributed by atoms with Gasteiger partial charge < -0.3 is 4.90 Å². The quantitative estimate of drug-likeness (QED) is 0.850. The van der Waals surface area contributed by atoms with Gasteiger partial charge in [0.25, 0.3) is 5.91 Å². The van der Waals surface area contributed by atoms with Crippen molar-refractivity contribution in [2.45, 2.75) is 32.7 Å². The van der Waals surface area contributed by atoms with Gasteiger partial charge in [-0.25, -0.2) is 0 Å². The second-order valence-electron chi connectivity index (χ2n) is 5.75. The topological polar surface area (TPSA) is 51.0 Å². The minimum atomic E-state index is 0.133. The number of rotatable bonds is 2. The fourth-order valence-corrected chi connectivity index (χ4v) is 3.00. The Bertz CT molecular complexity index is 607. The molecule has 0 aliphatic carbocycles. The van der Waals surface area contributed by atoms with Crippen molar-refractivity contribution in [2.75, 3.05) is 13.1 Å². The summed E-state index contributed by atoms with van der Waals surface area (Å²) in [6, 6.07) is 6.34. The molecule has 0 saturated carbocycles. The first-order valence-electron chi connectivity index (χ1n) is 7.37. The Morgan fingerprint density at radius 1 is 1.05 bits per heavy atom. The van der Waals surface area contributed by atoms with Gasteiger partial charge in [0.2, 0.25) is 0 Å². The summed E-state index contributed by atoms with van der Waals surface area (Å²) in [7, 11) is 0. The molecule has 5 nitrogen and oxygen atoms in total. The number of hydrogen-bond donors (Lipinski definition) is 0. The highest BCUT2D eigenvalue weighted by Gasteiger charge is 2.25. The first-order chi connectivity index (χ1) is 10.1. The van der Waals surface area contributed by atoms with Crippen LogP contribution in [0.3, 0.4) is 0 Å². The SMILES string of the molecule is Cc1cc(C)cc(C(=O)N2CCC(n3nccn3)CC2)c1. The van der Waals surface area contributed by atoms with Crippen molar-refractivity contribution >= 4 is 5.91 Å². The lowest BCUT2D eigenvalue weighted by Crippen LogP contribution is -2.39. The zero-order valence-electron chi connectivity index (χ0n) is 12.5. The van der Waals surface area contributed by atoms with Crippen LogP contribution in [0.15, 0.2) is 30.6 Å². The molecule has 0 N–H and O–H groups in total. The number of likely N-dealkylation sites (tertiary alicyclic amines) is 1. The Morgan fingerprint density at radius 2 is 1.62 bits per heavy atom. The zero-order valence-corrected chi connectivity index (χ0v) is 12.5. The van der Waals surface area contributed by atoms with Crippen molar-refractivity contribution in [3.8, 4) is 0 Å². The standard InChI is InChI=1S/C16H20N4O/c1-12-9-13(2)11-14(10-12)16(21)19-7-3-15(4-8-19)20-17-5-6-18-20/h5-6,9-11,15H,3-4,7-8H2,1-2H3. The minimum Gasteiger partial charge on any atom is -0.338 e. The van der Waals surface area contributed by atoms with Crippen LogP contribution in [-0.2, 0) is 0 Å². The van der Waals surface area contributed by atoms with Crippen LogP contribution in [0.4, 0.5) is 0 Å². The lowest BCUT2D eigenvalue weighted by molar-refractivity contribution is 0.0683. The lowest BCUT2D eigenvalue weighted by atomic mass is 10.0. The van der Waals surface area contributed by atoms with Crippen LogP contribution in [0.2, 0.25) is 0 Å². The van der Waals surface area contributed by atoms with Crippen molar-refractivity contribution in [3.63, 3.8) is 0 Å². The second-order valence-corrected chi connectivity index (χ2v) is 5.75. The monoisotopic (exact) mass is 284 g/mol. The molecular formula is C16H20N4O. The summed E-state index contributed by atoms with van der Waals surface area (Å²) >= 11 is 0. The van der Waals surface area contributed by atoms with E-state index in [0.29, 0.717) is 6.04 Å². The Balaban J connectivity index is 1.67. The summed E-state index contributed by atoms with van der Waals surface area (Å²) in [5.74, 6) is 0.133. The predicted octanol–water partition coefficient (Wildman–Crippen LogP) is 2.37. The molecule has 0 unspecified atom stereocenters. The molecule has 1 fully saturated rings. The van der Waals surface area contributed by atoms with E-state index in [4.69, 9.17) is 0 Å². The summed E-state index contributed by atoms with van der Waals surface area (Å²) in [6.07, 6.45) is 5.22. The Morgan fingerprint density at radius 3 is 2.19 bits per heavy atom. The van der Waals surface area contributed by atoms with Gasteiger partial charge in [-0.15, -0.1) is 0 Å². The third-order valence-corrected chi connectivity index (χ3v) is 3.98. The fraction of sp³-hybridized carbons (Fsp3) is 0.438. The van der Waals surface area contributed by atoms with E-state index in [0.717, 1.165) is 42.6 Å². The number of benzene rings is 1. The highest BCUT2D eigenvalue weighted by Crippen LogP contribution is 2.22. The van der Waals surface area contributed by atoms with Crippen LogP contribution < -0.4 is 0 Å². The third-order valence-electron chi connectivity index (χ3n) is 3.98. The van der Waals surface area contributed by atoms with Crippen LogP contribution in [0.5, 0.6) is 0 Å². The van der Waals surface area contributed by atoms with E-state index in [9.17, 15) is 4.79 Å². The van der Waals surface area contributed by atoms with Crippen molar-refractivity contribution in [1.29, 1.82) is 0 Å². The van der Waals surface area contributed by atoms with E-state index in [1.807, 2.05) is 30.9 Å².